The minimum absolute atomic E-state index is 0.0250. The van der Waals surface area contributed by atoms with E-state index in [9.17, 15) is 18.0 Å². The minimum Gasteiger partial charge on any atom is -0.350 e. The van der Waals surface area contributed by atoms with Gasteiger partial charge in [-0.1, -0.05) is 12.1 Å². The van der Waals surface area contributed by atoms with Crippen LogP contribution in [0.3, 0.4) is 0 Å². The molecule has 1 amide bonds. The Morgan fingerprint density at radius 2 is 1.90 bits per heavy atom. The first-order chi connectivity index (χ1) is 14.0. The number of rotatable bonds is 5. The van der Waals surface area contributed by atoms with Crippen LogP contribution in [0.1, 0.15) is 36.4 Å². The monoisotopic (exact) mass is 417 g/mol. The molecule has 2 heterocycles. The summed E-state index contributed by atoms with van der Waals surface area (Å²) in [7, 11) is 0. The summed E-state index contributed by atoms with van der Waals surface area (Å²) >= 11 is 0. The zero-order valence-electron chi connectivity index (χ0n) is 17.1. The summed E-state index contributed by atoms with van der Waals surface area (Å²) in [5, 5.41) is 6.99. The molecule has 30 heavy (non-hydrogen) atoms. The molecule has 0 atom stereocenters. The van der Waals surface area contributed by atoms with E-state index in [1.807, 2.05) is 13.8 Å². The average molecular weight is 417 g/mol. The third kappa shape index (κ3) is 4.50. The van der Waals surface area contributed by atoms with Crippen LogP contribution in [0.4, 0.5) is 13.2 Å². The molecule has 0 spiro atoms. The molecule has 0 saturated heterocycles. The van der Waals surface area contributed by atoms with E-state index < -0.39 is 17.3 Å². The van der Waals surface area contributed by atoms with Crippen LogP contribution < -0.4 is 5.32 Å². The Bertz CT molecular complexity index is 1070. The topological polar surface area (TPSA) is 72.7 Å². The van der Waals surface area contributed by atoms with E-state index in [1.54, 1.807) is 32.4 Å². The molecular formula is C21H22F3N5O. The maximum atomic E-state index is 12.9. The number of hydrogen-bond donors (Lipinski definition) is 1. The molecule has 6 nitrogen and oxygen atoms in total. The van der Waals surface area contributed by atoms with Gasteiger partial charge in [0.25, 0.3) is 0 Å². The van der Waals surface area contributed by atoms with Gasteiger partial charge in [-0.05, 0) is 45.4 Å². The number of carbonyl (C=O) groups excluding carboxylic acids is 1. The molecule has 2 aromatic heterocycles. The number of aromatic nitrogens is 4. The van der Waals surface area contributed by atoms with Crippen molar-refractivity contribution in [3.63, 3.8) is 0 Å². The second-order valence-corrected chi connectivity index (χ2v) is 7.56. The normalized spacial score (nSPS) is 12.1. The van der Waals surface area contributed by atoms with Crippen LogP contribution in [0, 0.1) is 13.8 Å². The molecule has 3 rings (SSSR count). The van der Waals surface area contributed by atoms with Crippen LogP contribution in [0.15, 0.2) is 42.9 Å². The van der Waals surface area contributed by atoms with Gasteiger partial charge in [0.1, 0.15) is 5.54 Å². The van der Waals surface area contributed by atoms with Gasteiger partial charge in [0, 0.05) is 24.5 Å². The summed E-state index contributed by atoms with van der Waals surface area (Å²) in [5.74, 6) is -0.374. The Morgan fingerprint density at radius 3 is 2.60 bits per heavy atom. The average Bonchev–Trinajstić information content (AvgIpc) is 3.18. The Morgan fingerprint density at radius 1 is 1.17 bits per heavy atom. The second-order valence-electron chi connectivity index (χ2n) is 7.56. The van der Waals surface area contributed by atoms with Gasteiger partial charge in [-0.3, -0.25) is 14.5 Å². The molecule has 0 fully saturated rings. The van der Waals surface area contributed by atoms with Gasteiger partial charge in [-0.2, -0.15) is 18.3 Å². The molecule has 9 heteroatoms. The zero-order chi connectivity index (χ0) is 22.1. The van der Waals surface area contributed by atoms with Gasteiger partial charge in [0.15, 0.2) is 0 Å². The third-order valence-electron chi connectivity index (χ3n) is 4.77. The second kappa shape index (κ2) is 7.89. The summed E-state index contributed by atoms with van der Waals surface area (Å²) in [6, 6.07) is 4.88. The number of nitrogens with one attached hydrogen (secondary N) is 1. The number of nitrogens with zero attached hydrogens (tertiary/aromatic N) is 4. The summed E-state index contributed by atoms with van der Waals surface area (Å²) in [6.07, 6.45) is 0.564. The molecule has 0 unspecified atom stereocenters. The van der Waals surface area contributed by atoms with E-state index in [0.717, 1.165) is 29.1 Å². The van der Waals surface area contributed by atoms with Gasteiger partial charge in [-0.25, -0.2) is 4.98 Å². The van der Waals surface area contributed by atoms with Gasteiger partial charge in [0.05, 0.1) is 28.8 Å². The lowest BCUT2D eigenvalue weighted by atomic mass is 10.0. The fraction of sp³-hybridized carbons (Fsp3) is 0.333. The number of hydrogen-bond acceptors (Lipinski definition) is 4. The van der Waals surface area contributed by atoms with Crippen LogP contribution >= 0.6 is 0 Å². The van der Waals surface area contributed by atoms with Crippen molar-refractivity contribution >= 4 is 5.91 Å². The molecule has 0 aliphatic heterocycles. The molecular weight excluding hydrogens is 395 g/mol. The van der Waals surface area contributed by atoms with Crippen molar-refractivity contribution in [3.8, 4) is 11.3 Å². The molecule has 3 aromatic rings. The van der Waals surface area contributed by atoms with Crippen LogP contribution in [0.5, 0.6) is 0 Å². The van der Waals surface area contributed by atoms with Crippen LogP contribution in [-0.2, 0) is 23.1 Å². The van der Waals surface area contributed by atoms with Crippen molar-refractivity contribution in [2.24, 2.45) is 0 Å². The quantitative estimate of drug-likeness (QED) is 0.680. The first-order valence-electron chi connectivity index (χ1n) is 9.28. The number of carbonyl (C=O) groups is 1. The highest BCUT2D eigenvalue weighted by Gasteiger charge is 2.32. The lowest BCUT2D eigenvalue weighted by molar-refractivity contribution is -0.137. The molecule has 1 N–H and O–H groups in total. The summed E-state index contributed by atoms with van der Waals surface area (Å²) < 4.78 is 40.1. The van der Waals surface area contributed by atoms with E-state index in [4.69, 9.17) is 0 Å². The highest BCUT2D eigenvalue weighted by Crippen LogP contribution is 2.29. The van der Waals surface area contributed by atoms with Crippen molar-refractivity contribution < 1.29 is 18.0 Å². The van der Waals surface area contributed by atoms with Crippen molar-refractivity contribution in [2.75, 3.05) is 0 Å². The zero-order valence-corrected chi connectivity index (χ0v) is 17.1. The van der Waals surface area contributed by atoms with Gasteiger partial charge in [-0.15, -0.1) is 0 Å². The number of benzene rings is 1. The molecule has 1 aromatic carbocycles. The highest BCUT2D eigenvalue weighted by atomic mass is 19.4. The predicted octanol–water partition coefficient (Wildman–Crippen LogP) is 4.03. The van der Waals surface area contributed by atoms with E-state index in [0.29, 0.717) is 11.3 Å². The van der Waals surface area contributed by atoms with Gasteiger partial charge in [0.2, 0.25) is 5.91 Å². The van der Waals surface area contributed by atoms with Crippen LogP contribution in [0.2, 0.25) is 0 Å². The summed E-state index contributed by atoms with van der Waals surface area (Å²) in [4.78, 5) is 21.5. The fourth-order valence-corrected chi connectivity index (χ4v) is 2.92. The van der Waals surface area contributed by atoms with Gasteiger partial charge < -0.3 is 5.32 Å². The number of halogens is 3. The fourth-order valence-electron chi connectivity index (χ4n) is 2.92. The maximum absolute atomic E-state index is 12.9. The van der Waals surface area contributed by atoms with Crippen molar-refractivity contribution in [1.82, 2.24) is 25.1 Å². The predicted molar refractivity (Wildman–Crippen MR) is 105 cm³/mol. The first-order valence-corrected chi connectivity index (χ1v) is 9.28. The smallest absolute Gasteiger partial charge is 0.350 e. The number of alkyl halides is 3. The largest absolute Gasteiger partial charge is 0.416 e. The van der Waals surface area contributed by atoms with E-state index in [2.05, 4.69) is 20.4 Å². The molecule has 0 aliphatic rings. The highest BCUT2D eigenvalue weighted by molar-refractivity contribution is 5.83. The maximum Gasteiger partial charge on any atom is 0.416 e. The lowest BCUT2D eigenvalue weighted by Gasteiger charge is -2.24. The Labute approximate surface area is 172 Å². The number of amides is 1. The van der Waals surface area contributed by atoms with Crippen molar-refractivity contribution in [2.45, 2.75) is 46.0 Å². The van der Waals surface area contributed by atoms with E-state index >= 15 is 0 Å². The Hall–Kier alpha value is -3.23. The lowest BCUT2D eigenvalue weighted by Crippen LogP contribution is -2.44. The summed E-state index contributed by atoms with van der Waals surface area (Å²) in [6.45, 7) is 7.01. The standard InChI is InChI=1S/C21H22F3N5O/c1-13-9-25-14(2)18(28-13)16-11-27-29(12-16)20(3,4)19(30)26-10-15-6-5-7-17(8-15)21(22,23)24/h5-9,11-12H,10H2,1-4H3,(H,26,30). The SMILES string of the molecule is Cc1cnc(C)c(-c2cnn(C(C)(C)C(=O)NCc3cccc(C(F)(F)F)c3)c2)n1. The van der Waals surface area contributed by atoms with Crippen LogP contribution in [0.25, 0.3) is 11.3 Å². The number of aryl methyl sites for hydroxylation is 2. The Kier molecular flexibility index (Phi) is 5.65. The summed E-state index contributed by atoms with van der Waals surface area (Å²) in [5.41, 5.74) is 1.46. The van der Waals surface area contributed by atoms with E-state index in [-0.39, 0.29) is 12.5 Å². The molecule has 0 radical (unpaired) electrons. The molecule has 0 aliphatic carbocycles. The third-order valence-corrected chi connectivity index (χ3v) is 4.77. The van der Waals surface area contributed by atoms with Gasteiger partial charge >= 0.3 is 6.18 Å². The van der Waals surface area contributed by atoms with Crippen molar-refractivity contribution in [1.29, 1.82) is 0 Å². The van der Waals surface area contributed by atoms with Crippen molar-refractivity contribution in [3.05, 3.63) is 65.4 Å². The van der Waals surface area contributed by atoms with Crippen LogP contribution in [-0.4, -0.2) is 25.7 Å². The molecule has 0 bridgehead atoms. The first kappa shape index (κ1) is 21.5. The minimum atomic E-state index is -4.43. The molecule has 158 valence electrons. The molecule has 0 saturated carbocycles. The van der Waals surface area contributed by atoms with E-state index in [1.165, 1.54) is 16.8 Å². The Balaban J connectivity index is 1.75.